The van der Waals surface area contributed by atoms with Crippen LogP contribution in [0.15, 0.2) is 18.2 Å². The number of ether oxygens (including phenoxy) is 1. The van der Waals surface area contributed by atoms with Gasteiger partial charge in [-0.05, 0) is 18.2 Å². The van der Waals surface area contributed by atoms with Gasteiger partial charge in [-0.3, -0.25) is 9.59 Å². The molecule has 0 atom stereocenters. The van der Waals surface area contributed by atoms with E-state index in [2.05, 4.69) is 5.32 Å². The van der Waals surface area contributed by atoms with Crippen LogP contribution in [0.2, 0.25) is 5.02 Å². The maximum absolute atomic E-state index is 11.1. The SMILES string of the molecule is COc1ccc(Cl)cc1CNC(=O)CC(=O)O. The number of carbonyl (C=O) groups is 2. The Kier molecular flexibility index (Phi) is 4.78. The highest BCUT2D eigenvalue weighted by atomic mass is 35.5. The third kappa shape index (κ3) is 4.32. The molecule has 0 saturated carbocycles. The van der Waals surface area contributed by atoms with Crippen LogP contribution in [0.5, 0.6) is 5.75 Å². The summed E-state index contributed by atoms with van der Waals surface area (Å²) in [7, 11) is 1.51. The minimum absolute atomic E-state index is 0.176. The third-order valence-electron chi connectivity index (χ3n) is 2.03. The van der Waals surface area contributed by atoms with E-state index in [9.17, 15) is 9.59 Å². The number of rotatable bonds is 5. The first-order valence-electron chi connectivity index (χ1n) is 4.84. The van der Waals surface area contributed by atoms with Crippen LogP contribution >= 0.6 is 11.6 Å². The number of halogens is 1. The molecule has 0 aliphatic heterocycles. The molecule has 5 nitrogen and oxygen atoms in total. The lowest BCUT2D eigenvalue weighted by molar-refractivity contribution is -0.140. The second-order valence-corrected chi connectivity index (χ2v) is 3.74. The molecule has 0 radical (unpaired) electrons. The first kappa shape index (κ1) is 13.3. The highest BCUT2D eigenvalue weighted by molar-refractivity contribution is 6.30. The van der Waals surface area contributed by atoms with Gasteiger partial charge in [-0.15, -0.1) is 0 Å². The summed E-state index contributed by atoms with van der Waals surface area (Å²) in [4.78, 5) is 21.4. The number of benzene rings is 1. The average Bonchev–Trinajstić information content (AvgIpc) is 2.25. The van der Waals surface area contributed by atoms with Gasteiger partial charge in [0.15, 0.2) is 0 Å². The molecule has 2 N–H and O–H groups in total. The fraction of sp³-hybridized carbons (Fsp3) is 0.273. The first-order chi connectivity index (χ1) is 8.02. The summed E-state index contributed by atoms with van der Waals surface area (Å²) in [6.45, 7) is 0.176. The van der Waals surface area contributed by atoms with Crippen molar-refractivity contribution in [3.8, 4) is 5.75 Å². The van der Waals surface area contributed by atoms with Crippen molar-refractivity contribution in [2.75, 3.05) is 7.11 Å². The van der Waals surface area contributed by atoms with Crippen LogP contribution in [0.3, 0.4) is 0 Å². The van der Waals surface area contributed by atoms with Crippen molar-refractivity contribution < 1.29 is 19.4 Å². The Bertz CT molecular complexity index is 433. The number of amides is 1. The molecule has 0 unspecified atom stereocenters. The van der Waals surface area contributed by atoms with Gasteiger partial charge in [-0.25, -0.2) is 0 Å². The van der Waals surface area contributed by atoms with E-state index in [4.69, 9.17) is 21.4 Å². The van der Waals surface area contributed by atoms with E-state index in [1.807, 2.05) is 0 Å². The van der Waals surface area contributed by atoms with E-state index < -0.39 is 18.3 Å². The molecule has 92 valence electrons. The largest absolute Gasteiger partial charge is 0.496 e. The molecule has 0 aliphatic rings. The standard InChI is InChI=1S/C11H12ClNO4/c1-17-9-3-2-8(12)4-7(9)6-13-10(14)5-11(15)16/h2-4H,5-6H2,1H3,(H,13,14)(H,15,16). The molecule has 6 heteroatoms. The lowest BCUT2D eigenvalue weighted by atomic mass is 10.2. The quantitative estimate of drug-likeness (QED) is 0.783. The van der Waals surface area contributed by atoms with Crippen molar-refractivity contribution in [1.82, 2.24) is 5.32 Å². The molecule has 0 heterocycles. The van der Waals surface area contributed by atoms with E-state index in [1.54, 1.807) is 18.2 Å². The molecule has 0 saturated heterocycles. The van der Waals surface area contributed by atoms with Crippen LogP contribution in [0.25, 0.3) is 0 Å². The first-order valence-corrected chi connectivity index (χ1v) is 5.21. The molecule has 0 aromatic heterocycles. The van der Waals surface area contributed by atoms with Gasteiger partial charge in [0.1, 0.15) is 12.2 Å². The van der Waals surface area contributed by atoms with Gasteiger partial charge in [-0.1, -0.05) is 11.6 Å². The van der Waals surface area contributed by atoms with E-state index >= 15 is 0 Å². The van der Waals surface area contributed by atoms with Crippen LogP contribution < -0.4 is 10.1 Å². The fourth-order valence-corrected chi connectivity index (χ4v) is 1.47. The van der Waals surface area contributed by atoms with Gasteiger partial charge in [-0.2, -0.15) is 0 Å². The molecule has 1 aromatic rings. The number of hydrogen-bond donors (Lipinski definition) is 2. The van der Waals surface area contributed by atoms with Crippen LogP contribution in [-0.4, -0.2) is 24.1 Å². The predicted molar refractivity (Wildman–Crippen MR) is 62.1 cm³/mol. The second-order valence-electron chi connectivity index (χ2n) is 3.30. The van der Waals surface area contributed by atoms with Gasteiger partial charge >= 0.3 is 5.97 Å². The Morgan fingerprint density at radius 1 is 1.47 bits per heavy atom. The van der Waals surface area contributed by atoms with Crippen molar-refractivity contribution in [1.29, 1.82) is 0 Å². The number of hydrogen-bond acceptors (Lipinski definition) is 3. The minimum atomic E-state index is -1.17. The molecule has 17 heavy (non-hydrogen) atoms. The molecular weight excluding hydrogens is 246 g/mol. The highest BCUT2D eigenvalue weighted by Gasteiger charge is 2.09. The summed E-state index contributed by atoms with van der Waals surface area (Å²) in [6.07, 6.45) is -0.553. The number of nitrogens with one attached hydrogen (secondary N) is 1. The summed E-state index contributed by atoms with van der Waals surface area (Å²) in [5.41, 5.74) is 0.693. The lowest BCUT2D eigenvalue weighted by Gasteiger charge is -2.09. The number of methoxy groups -OCH3 is 1. The zero-order valence-electron chi connectivity index (χ0n) is 9.20. The normalized spacial score (nSPS) is 9.76. The van der Waals surface area contributed by atoms with Crippen LogP contribution in [0.4, 0.5) is 0 Å². The molecule has 0 spiro atoms. The van der Waals surface area contributed by atoms with Gasteiger partial charge in [0.05, 0.1) is 7.11 Å². The maximum atomic E-state index is 11.1. The highest BCUT2D eigenvalue weighted by Crippen LogP contribution is 2.22. The van der Waals surface area contributed by atoms with Gasteiger partial charge in [0.25, 0.3) is 0 Å². The smallest absolute Gasteiger partial charge is 0.312 e. The number of carboxylic acid groups (broad SMARTS) is 1. The molecule has 0 bridgehead atoms. The van der Waals surface area contributed by atoms with Gasteiger partial charge in [0, 0.05) is 17.1 Å². The fourth-order valence-electron chi connectivity index (χ4n) is 1.28. The zero-order chi connectivity index (χ0) is 12.8. The number of carboxylic acids is 1. The molecular formula is C11H12ClNO4. The lowest BCUT2D eigenvalue weighted by Crippen LogP contribution is -2.25. The van der Waals surface area contributed by atoms with E-state index in [1.165, 1.54) is 7.11 Å². The van der Waals surface area contributed by atoms with Crippen molar-refractivity contribution in [2.45, 2.75) is 13.0 Å². The Hall–Kier alpha value is -1.75. The van der Waals surface area contributed by atoms with E-state index in [-0.39, 0.29) is 6.54 Å². The summed E-state index contributed by atoms with van der Waals surface area (Å²) in [5, 5.41) is 11.4. The molecule has 0 aliphatic carbocycles. The molecule has 1 aromatic carbocycles. The number of carbonyl (C=O) groups excluding carboxylic acids is 1. The monoisotopic (exact) mass is 257 g/mol. The second kappa shape index (κ2) is 6.10. The van der Waals surface area contributed by atoms with Crippen LogP contribution in [0.1, 0.15) is 12.0 Å². The Morgan fingerprint density at radius 2 is 2.18 bits per heavy atom. The zero-order valence-corrected chi connectivity index (χ0v) is 9.95. The topological polar surface area (TPSA) is 75.6 Å². The Balaban J connectivity index is 2.65. The van der Waals surface area contributed by atoms with Crippen molar-refractivity contribution >= 4 is 23.5 Å². The summed E-state index contributed by atoms with van der Waals surface area (Å²) < 4.78 is 5.09. The molecule has 1 rings (SSSR count). The van der Waals surface area contributed by atoms with Crippen LogP contribution in [-0.2, 0) is 16.1 Å². The molecule has 0 fully saturated rings. The van der Waals surface area contributed by atoms with Crippen molar-refractivity contribution in [3.63, 3.8) is 0 Å². The minimum Gasteiger partial charge on any atom is -0.496 e. The van der Waals surface area contributed by atoms with Crippen molar-refractivity contribution in [2.24, 2.45) is 0 Å². The van der Waals surface area contributed by atoms with E-state index in [0.717, 1.165) is 0 Å². The van der Waals surface area contributed by atoms with Crippen LogP contribution in [0, 0.1) is 0 Å². The van der Waals surface area contributed by atoms with Gasteiger partial charge < -0.3 is 15.2 Å². The summed E-state index contributed by atoms with van der Waals surface area (Å²) >= 11 is 5.81. The van der Waals surface area contributed by atoms with E-state index in [0.29, 0.717) is 16.3 Å². The average molecular weight is 258 g/mol. The Labute approximate surface area is 103 Å². The molecule has 1 amide bonds. The predicted octanol–water partition coefficient (Wildman–Crippen LogP) is 1.44. The van der Waals surface area contributed by atoms with Crippen molar-refractivity contribution in [3.05, 3.63) is 28.8 Å². The Morgan fingerprint density at radius 3 is 2.76 bits per heavy atom. The summed E-state index contributed by atoms with van der Waals surface area (Å²) in [6, 6.07) is 5.01. The number of aliphatic carboxylic acids is 1. The van der Waals surface area contributed by atoms with Gasteiger partial charge in [0.2, 0.25) is 5.91 Å². The third-order valence-corrected chi connectivity index (χ3v) is 2.27. The summed E-state index contributed by atoms with van der Waals surface area (Å²) in [5.74, 6) is -1.13. The maximum Gasteiger partial charge on any atom is 0.312 e.